The monoisotopic (exact) mass is 281 g/mol. The van der Waals surface area contributed by atoms with Crippen LogP contribution in [0.3, 0.4) is 0 Å². The number of hydrogen-bond donors (Lipinski definition) is 1. The molecule has 0 saturated carbocycles. The molecule has 0 bridgehead atoms. The molecule has 21 heavy (non-hydrogen) atoms. The van der Waals surface area contributed by atoms with Gasteiger partial charge < -0.3 is 9.88 Å². The zero-order valence-corrected chi connectivity index (χ0v) is 12.0. The van der Waals surface area contributed by atoms with Crippen LogP contribution in [-0.2, 0) is 17.8 Å². The Morgan fingerprint density at radius 1 is 1.38 bits per heavy atom. The fourth-order valence-electron chi connectivity index (χ4n) is 2.67. The van der Waals surface area contributed by atoms with E-state index in [4.69, 9.17) is 0 Å². The van der Waals surface area contributed by atoms with Gasteiger partial charge in [-0.05, 0) is 30.5 Å². The maximum absolute atomic E-state index is 11.7. The Bertz CT molecular complexity index is 655. The second-order valence-electron chi connectivity index (χ2n) is 5.27. The van der Waals surface area contributed by atoms with Crippen molar-refractivity contribution in [3.63, 3.8) is 0 Å². The summed E-state index contributed by atoms with van der Waals surface area (Å²) in [6.45, 7) is 4.67. The average molecular weight is 281 g/mol. The summed E-state index contributed by atoms with van der Waals surface area (Å²) in [4.78, 5) is 16.1. The van der Waals surface area contributed by atoms with Crippen LogP contribution in [0.1, 0.15) is 25.1 Å². The lowest BCUT2D eigenvalue weighted by atomic mass is 10.1. The van der Waals surface area contributed by atoms with Crippen molar-refractivity contribution in [3.05, 3.63) is 48.9 Å². The summed E-state index contributed by atoms with van der Waals surface area (Å²) in [7, 11) is 0. The predicted molar refractivity (Wildman–Crippen MR) is 84.0 cm³/mol. The lowest BCUT2D eigenvalue weighted by Gasteiger charge is -2.07. The number of nitrogens with zero attached hydrogens (tertiary/aromatic N) is 2. The zero-order valence-electron chi connectivity index (χ0n) is 12.0. The number of aryl methyl sites for hydroxylation is 1. The second-order valence-corrected chi connectivity index (χ2v) is 5.27. The van der Waals surface area contributed by atoms with E-state index in [2.05, 4.69) is 21.4 Å². The first kappa shape index (κ1) is 13.6. The molecule has 1 aromatic carbocycles. The fraction of sp³-hybridized carbons (Fsp3) is 0.294. The standard InChI is InChI=1S/C17H19N3O/c1-2-3-6-17(21)19-14-9-7-13(8-10-14)15-12-18-16-5-4-11-20(15)16/h2,7-10,12H,1,3-6,11H2,(H,19,21). The predicted octanol–water partition coefficient (Wildman–Crippen LogP) is 3.40. The molecule has 0 saturated heterocycles. The Hall–Kier alpha value is -2.36. The summed E-state index contributed by atoms with van der Waals surface area (Å²) in [6.07, 6.45) is 7.10. The summed E-state index contributed by atoms with van der Waals surface area (Å²) in [5.41, 5.74) is 3.13. The van der Waals surface area contributed by atoms with E-state index in [0.29, 0.717) is 12.8 Å². The Kier molecular flexibility index (Phi) is 3.86. The van der Waals surface area contributed by atoms with Crippen LogP contribution in [0.5, 0.6) is 0 Å². The largest absolute Gasteiger partial charge is 0.328 e. The van der Waals surface area contributed by atoms with Crippen LogP contribution in [0.2, 0.25) is 0 Å². The van der Waals surface area contributed by atoms with E-state index in [1.807, 2.05) is 30.5 Å². The summed E-state index contributed by atoms with van der Waals surface area (Å²) in [5.74, 6) is 1.19. The molecule has 1 aromatic heterocycles. The van der Waals surface area contributed by atoms with E-state index in [-0.39, 0.29) is 5.91 Å². The molecular formula is C17H19N3O. The van der Waals surface area contributed by atoms with Gasteiger partial charge in [-0.25, -0.2) is 4.98 Å². The van der Waals surface area contributed by atoms with Gasteiger partial charge in [0, 0.05) is 25.1 Å². The van der Waals surface area contributed by atoms with Crippen molar-refractivity contribution in [2.24, 2.45) is 0 Å². The van der Waals surface area contributed by atoms with Gasteiger partial charge in [0.1, 0.15) is 5.82 Å². The minimum atomic E-state index is 0.0212. The van der Waals surface area contributed by atoms with E-state index in [1.54, 1.807) is 6.08 Å². The first-order valence-corrected chi connectivity index (χ1v) is 7.33. The SMILES string of the molecule is C=CCCC(=O)Nc1ccc(-c2cnc3n2CCC3)cc1. The topological polar surface area (TPSA) is 46.9 Å². The molecule has 3 rings (SSSR count). The number of hydrogen-bond acceptors (Lipinski definition) is 2. The molecule has 0 atom stereocenters. The number of carbonyl (C=O) groups is 1. The quantitative estimate of drug-likeness (QED) is 0.854. The number of carbonyl (C=O) groups excluding carboxylic acids is 1. The summed E-state index contributed by atoms with van der Waals surface area (Å²) >= 11 is 0. The highest BCUT2D eigenvalue weighted by Gasteiger charge is 2.16. The summed E-state index contributed by atoms with van der Waals surface area (Å²) < 4.78 is 2.28. The average Bonchev–Trinajstić information content (AvgIpc) is 3.09. The molecule has 2 aromatic rings. The first-order chi connectivity index (χ1) is 10.3. The van der Waals surface area contributed by atoms with Gasteiger partial charge in [0.25, 0.3) is 0 Å². The Balaban J connectivity index is 1.72. The Labute approximate surface area is 124 Å². The van der Waals surface area contributed by atoms with Crippen LogP contribution in [0.25, 0.3) is 11.3 Å². The van der Waals surface area contributed by atoms with Gasteiger partial charge in [-0.3, -0.25) is 4.79 Å². The summed E-state index contributed by atoms with van der Waals surface area (Å²) in [5, 5.41) is 2.89. The van der Waals surface area contributed by atoms with Crippen molar-refractivity contribution < 1.29 is 4.79 Å². The van der Waals surface area contributed by atoms with Gasteiger partial charge in [-0.1, -0.05) is 18.2 Å². The van der Waals surface area contributed by atoms with Gasteiger partial charge in [0.05, 0.1) is 11.9 Å². The number of imidazole rings is 1. The molecule has 0 aliphatic carbocycles. The third-order valence-electron chi connectivity index (χ3n) is 3.76. The van der Waals surface area contributed by atoms with Gasteiger partial charge in [0.15, 0.2) is 0 Å². The van der Waals surface area contributed by atoms with Crippen LogP contribution >= 0.6 is 0 Å². The fourth-order valence-corrected chi connectivity index (χ4v) is 2.67. The minimum Gasteiger partial charge on any atom is -0.328 e. The van der Waals surface area contributed by atoms with E-state index in [0.717, 1.165) is 29.9 Å². The van der Waals surface area contributed by atoms with Crippen LogP contribution < -0.4 is 5.32 Å². The van der Waals surface area contributed by atoms with Crippen molar-refractivity contribution in [2.45, 2.75) is 32.2 Å². The van der Waals surface area contributed by atoms with Gasteiger partial charge >= 0.3 is 0 Å². The maximum atomic E-state index is 11.7. The first-order valence-electron chi connectivity index (χ1n) is 7.33. The number of aromatic nitrogens is 2. The minimum absolute atomic E-state index is 0.0212. The Morgan fingerprint density at radius 3 is 2.95 bits per heavy atom. The van der Waals surface area contributed by atoms with Crippen LogP contribution in [0.4, 0.5) is 5.69 Å². The number of benzene rings is 1. The van der Waals surface area contributed by atoms with Crippen molar-refractivity contribution in [1.29, 1.82) is 0 Å². The normalized spacial score (nSPS) is 13.0. The van der Waals surface area contributed by atoms with Crippen LogP contribution in [0.15, 0.2) is 43.1 Å². The van der Waals surface area contributed by atoms with Crippen molar-refractivity contribution in [1.82, 2.24) is 9.55 Å². The molecule has 0 fully saturated rings. The van der Waals surface area contributed by atoms with Gasteiger partial charge in [0.2, 0.25) is 5.91 Å². The molecule has 0 radical (unpaired) electrons. The number of allylic oxidation sites excluding steroid dienone is 1. The number of nitrogens with one attached hydrogen (secondary N) is 1. The maximum Gasteiger partial charge on any atom is 0.224 e. The number of rotatable bonds is 5. The van der Waals surface area contributed by atoms with Crippen molar-refractivity contribution >= 4 is 11.6 Å². The van der Waals surface area contributed by atoms with Gasteiger partial charge in [-0.2, -0.15) is 0 Å². The van der Waals surface area contributed by atoms with Crippen molar-refractivity contribution in [3.8, 4) is 11.3 Å². The summed E-state index contributed by atoms with van der Waals surface area (Å²) in [6, 6.07) is 7.95. The number of anilines is 1. The number of amides is 1. The van der Waals surface area contributed by atoms with E-state index in [1.165, 1.54) is 12.2 Å². The third kappa shape index (κ3) is 2.89. The molecule has 108 valence electrons. The van der Waals surface area contributed by atoms with E-state index in [9.17, 15) is 4.79 Å². The molecule has 4 heteroatoms. The molecule has 0 spiro atoms. The van der Waals surface area contributed by atoms with E-state index < -0.39 is 0 Å². The van der Waals surface area contributed by atoms with Crippen LogP contribution in [-0.4, -0.2) is 15.5 Å². The molecule has 4 nitrogen and oxygen atoms in total. The molecule has 1 aliphatic rings. The second kappa shape index (κ2) is 5.95. The lowest BCUT2D eigenvalue weighted by Crippen LogP contribution is -2.10. The molecule has 1 N–H and O–H groups in total. The molecule has 1 aliphatic heterocycles. The van der Waals surface area contributed by atoms with Gasteiger partial charge in [-0.15, -0.1) is 6.58 Å². The highest BCUT2D eigenvalue weighted by atomic mass is 16.1. The molecular weight excluding hydrogens is 262 g/mol. The van der Waals surface area contributed by atoms with E-state index >= 15 is 0 Å². The zero-order chi connectivity index (χ0) is 14.7. The molecule has 2 heterocycles. The number of fused-ring (bicyclic) bond motifs is 1. The third-order valence-corrected chi connectivity index (χ3v) is 3.76. The molecule has 1 amide bonds. The lowest BCUT2D eigenvalue weighted by molar-refractivity contribution is -0.116. The smallest absolute Gasteiger partial charge is 0.224 e. The highest BCUT2D eigenvalue weighted by Crippen LogP contribution is 2.26. The Morgan fingerprint density at radius 2 is 2.19 bits per heavy atom. The molecule has 0 unspecified atom stereocenters. The van der Waals surface area contributed by atoms with Crippen LogP contribution in [0, 0.1) is 0 Å². The highest BCUT2D eigenvalue weighted by molar-refractivity contribution is 5.91. The van der Waals surface area contributed by atoms with Crippen molar-refractivity contribution in [2.75, 3.05) is 5.32 Å².